The molecule has 0 aliphatic carbocycles. The molecular formula is C29H27F4NO2. The van der Waals surface area contributed by atoms with Gasteiger partial charge in [-0.05, 0) is 85.4 Å². The number of carbonyl (C=O) groups excluding carboxylic acids is 2. The minimum absolute atomic E-state index is 0.0200. The van der Waals surface area contributed by atoms with E-state index in [0.717, 1.165) is 23.3 Å². The lowest BCUT2D eigenvalue weighted by molar-refractivity contribution is -0.121. The average molecular weight is 498 g/mol. The summed E-state index contributed by atoms with van der Waals surface area (Å²) in [5.74, 6) is -6.87. The van der Waals surface area contributed by atoms with Gasteiger partial charge in [0.2, 0.25) is 5.91 Å². The smallest absolute Gasteiger partial charge is 0.221 e. The van der Waals surface area contributed by atoms with Gasteiger partial charge in [0.15, 0.2) is 23.2 Å². The van der Waals surface area contributed by atoms with Crippen molar-refractivity contribution in [1.82, 2.24) is 5.32 Å². The summed E-state index contributed by atoms with van der Waals surface area (Å²) in [6.07, 6.45) is -0.336. The molecule has 0 saturated heterocycles. The predicted molar refractivity (Wildman–Crippen MR) is 131 cm³/mol. The molecule has 0 radical (unpaired) electrons. The van der Waals surface area contributed by atoms with Crippen molar-refractivity contribution in [3.63, 3.8) is 0 Å². The van der Waals surface area contributed by atoms with Crippen molar-refractivity contribution in [2.45, 2.75) is 46.6 Å². The molecule has 0 fully saturated rings. The van der Waals surface area contributed by atoms with Crippen molar-refractivity contribution in [2.24, 2.45) is 0 Å². The number of halogens is 4. The molecule has 7 heteroatoms. The van der Waals surface area contributed by atoms with Gasteiger partial charge in [-0.2, -0.15) is 0 Å². The van der Waals surface area contributed by atoms with Crippen LogP contribution < -0.4 is 5.32 Å². The Kier molecular flexibility index (Phi) is 8.45. The van der Waals surface area contributed by atoms with E-state index in [-0.39, 0.29) is 29.9 Å². The van der Waals surface area contributed by atoms with Crippen molar-refractivity contribution in [3.8, 4) is 0 Å². The number of hydrogen-bond acceptors (Lipinski definition) is 2. The number of rotatable bonds is 8. The van der Waals surface area contributed by atoms with Gasteiger partial charge in [-0.15, -0.1) is 0 Å². The van der Waals surface area contributed by atoms with E-state index in [2.05, 4.69) is 5.32 Å². The van der Waals surface area contributed by atoms with E-state index in [9.17, 15) is 27.2 Å². The Morgan fingerprint density at radius 2 is 1.53 bits per heavy atom. The van der Waals surface area contributed by atoms with Crippen LogP contribution in [0.15, 0.2) is 60.2 Å². The molecule has 3 nitrogen and oxygen atoms in total. The molecule has 3 rings (SSSR count). The first kappa shape index (κ1) is 26.9. The van der Waals surface area contributed by atoms with E-state index in [4.69, 9.17) is 0 Å². The molecular weight excluding hydrogens is 470 g/mol. The monoisotopic (exact) mass is 497 g/mol. The molecule has 0 bridgehead atoms. The zero-order valence-electron chi connectivity index (χ0n) is 20.5. The molecule has 188 valence electrons. The number of nitrogens with one attached hydrogen (secondary N) is 1. The number of allylic oxidation sites excluding steroid dienone is 2. The van der Waals surface area contributed by atoms with Crippen LogP contribution in [0.4, 0.5) is 17.6 Å². The third-order valence-electron chi connectivity index (χ3n) is 6.07. The fourth-order valence-corrected chi connectivity index (χ4v) is 4.44. The number of carbonyl (C=O) groups is 2. The van der Waals surface area contributed by atoms with Crippen molar-refractivity contribution >= 4 is 17.3 Å². The summed E-state index contributed by atoms with van der Waals surface area (Å²) in [7, 11) is 0. The molecule has 3 aromatic carbocycles. The summed E-state index contributed by atoms with van der Waals surface area (Å²) in [6, 6.07) is 13.3. The highest BCUT2D eigenvalue weighted by molar-refractivity contribution is 6.03. The Labute approximate surface area is 207 Å². The van der Waals surface area contributed by atoms with E-state index < -0.39 is 35.1 Å². The van der Waals surface area contributed by atoms with Crippen LogP contribution >= 0.6 is 0 Å². The van der Waals surface area contributed by atoms with Gasteiger partial charge in [-0.25, -0.2) is 17.6 Å². The topological polar surface area (TPSA) is 46.2 Å². The zero-order chi connectivity index (χ0) is 26.6. The third kappa shape index (κ3) is 6.27. The number of ketones is 1. The largest absolute Gasteiger partial charge is 0.352 e. The number of amides is 1. The van der Waals surface area contributed by atoms with Crippen LogP contribution in [-0.2, 0) is 16.1 Å². The highest BCUT2D eigenvalue weighted by Crippen LogP contribution is 2.36. The molecule has 3 aromatic rings. The van der Waals surface area contributed by atoms with Crippen molar-refractivity contribution in [3.05, 3.63) is 111 Å². The summed E-state index contributed by atoms with van der Waals surface area (Å²) >= 11 is 0. The lowest BCUT2D eigenvalue weighted by Gasteiger charge is -2.23. The van der Waals surface area contributed by atoms with Gasteiger partial charge in [-0.3, -0.25) is 9.59 Å². The van der Waals surface area contributed by atoms with Crippen molar-refractivity contribution in [1.29, 1.82) is 0 Å². The first-order chi connectivity index (χ1) is 17.0. The molecule has 1 atom stereocenters. The summed E-state index contributed by atoms with van der Waals surface area (Å²) in [4.78, 5) is 25.8. The maximum Gasteiger partial charge on any atom is 0.221 e. The first-order valence-corrected chi connectivity index (χ1v) is 11.4. The summed E-state index contributed by atoms with van der Waals surface area (Å²) in [6.45, 7) is 6.62. The van der Waals surface area contributed by atoms with Gasteiger partial charge in [-0.1, -0.05) is 30.3 Å². The lowest BCUT2D eigenvalue weighted by atomic mass is 9.81. The van der Waals surface area contributed by atoms with Crippen molar-refractivity contribution < 1.29 is 27.2 Å². The molecule has 0 saturated carbocycles. The second-order valence-electron chi connectivity index (χ2n) is 8.88. The quantitative estimate of drug-likeness (QED) is 0.214. The normalized spacial score (nSPS) is 12.7. The molecule has 1 N–H and O–H groups in total. The van der Waals surface area contributed by atoms with Crippen LogP contribution in [0, 0.1) is 37.1 Å². The van der Waals surface area contributed by atoms with E-state index in [0.29, 0.717) is 16.7 Å². The molecule has 0 heterocycles. The lowest BCUT2D eigenvalue weighted by Crippen LogP contribution is -2.26. The SMILES string of the molecule is CC(=O)/C(=C(/C)c1ccccc1C)C(CC(=O)NCc1cc(C)cc(F)c1)c1cc(F)c(F)c(F)c1. The Morgan fingerprint density at radius 1 is 0.889 bits per heavy atom. The van der Waals surface area contributed by atoms with Gasteiger partial charge >= 0.3 is 0 Å². The van der Waals surface area contributed by atoms with Gasteiger partial charge in [0.05, 0.1) is 0 Å². The maximum atomic E-state index is 14.2. The number of benzene rings is 3. The summed E-state index contributed by atoms with van der Waals surface area (Å²) in [5.41, 5.74) is 3.53. The fourth-order valence-electron chi connectivity index (χ4n) is 4.44. The highest BCUT2D eigenvalue weighted by atomic mass is 19.2. The molecule has 0 aliphatic heterocycles. The van der Waals surface area contributed by atoms with Gasteiger partial charge in [0.1, 0.15) is 5.82 Å². The summed E-state index contributed by atoms with van der Waals surface area (Å²) in [5, 5.41) is 2.68. The molecule has 0 aromatic heterocycles. The second-order valence-corrected chi connectivity index (χ2v) is 8.88. The Bertz CT molecular complexity index is 1300. The van der Waals surface area contributed by atoms with Crippen LogP contribution in [-0.4, -0.2) is 11.7 Å². The van der Waals surface area contributed by atoms with Crippen LogP contribution in [0.2, 0.25) is 0 Å². The minimum Gasteiger partial charge on any atom is -0.352 e. The predicted octanol–water partition coefficient (Wildman–Crippen LogP) is 6.71. The Hall–Kier alpha value is -3.74. The average Bonchev–Trinajstić information content (AvgIpc) is 2.80. The van der Waals surface area contributed by atoms with Crippen LogP contribution in [0.25, 0.3) is 5.57 Å². The zero-order valence-corrected chi connectivity index (χ0v) is 20.5. The van der Waals surface area contributed by atoms with E-state index >= 15 is 0 Å². The van der Waals surface area contributed by atoms with E-state index in [1.54, 1.807) is 26.0 Å². The minimum atomic E-state index is -1.63. The van der Waals surface area contributed by atoms with Gasteiger partial charge in [0, 0.05) is 24.5 Å². The van der Waals surface area contributed by atoms with E-state index in [1.807, 2.05) is 25.1 Å². The second kappa shape index (κ2) is 11.3. The molecule has 0 spiro atoms. The number of hydrogen-bond donors (Lipinski definition) is 1. The number of aryl methyl sites for hydroxylation is 2. The van der Waals surface area contributed by atoms with E-state index in [1.165, 1.54) is 19.1 Å². The third-order valence-corrected chi connectivity index (χ3v) is 6.07. The Balaban J connectivity index is 2.04. The Morgan fingerprint density at radius 3 is 2.11 bits per heavy atom. The van der Waals surface area contributed by atoms with Crippen LogP contribution in [0.1, 0.15) is 54.0 Å². The van der Waals surface area contributed by atoms with Gasteiger partial charge < -0.3 is 5.32 Å². The summed E-state index contributed by atoms with van der Waals surface area (Å²) < 4.78 is 55.8. The van der Waals surface area contributed by atoms with Crippen LogP contribution in [0.5, 0.6) is 0 Å². The fraction of sp³-hybridized carbons (Fsp3) is 0.241. The molecule has 0 aliphatic rings. The van der Waals surface area contributed by atoms with Gasteiger partial charge in [0.25, 0.3) is 0 Å². The molecule has 1 amide bonds. The first-order valence-electron chi connectivity index (χ1n) is 11.4. The van der Waals surface area contributed by atoms with Crippen molar-refractivity contribution in [2.75, 3.05) is 0 Å². The molecule has 1 unspecified atom stereocenters. The molecule has 36 heavy (non-hydrogen) atoms. The standard InChI is InChI=1S/C29H27F4NO2/c1-16-9-20(11-22(30)10-16)15-34-27(36)14-24(21-12-25(31)29(33)26(32)13-21)28(19(4)35)18(3)23-8-6-5-7-17(23)2/h5-13,24H,14-15H2,1-4H3,(H,34,36)/b28-18+. The maximum absolute atomic E-state index is 14.2. The number of Topliss-reactive ketones (excluding diaryl/α,β-unsaturated/α-hetero) is 1. The highest BCUT2D eigenvalue weighted by Gasteiger charge is 2.28. The van der Waals surface area contributed by atoms with Crippen LogP contribution in [0.3, 0.4) is 0 Å².